The van der Waals surface area contributed by atoms with Gasteiger partial charge in [0, 0.05) is 11.1 Å². The van der Waals surface area contributed by atoms with Crippen LogP contribution in [0.25, 0.3) is 11.1 Å². The van der Waals surface area contributed by atoms with Crippen LogP contribution in [-0.4, -0.2) is 24.6 Å². The van der Waals surface area contributed by atoms with Crippen molar-refractivity contribution in [2.75, 3.05) is 6.61 Å². The molecule has 4 nitrogen and oxygen atoms in total. The minimum absolute atomic E-state index is 0.250. The third-order valence-corrected chi connectivity index (χ3v) is 4.74. The third kappa shape index (κ3) is 3.29. The summed E-state index contributed by atoms with van der Waals surface area (Å²) in [6.45, 7) is -0.325. The second-order valence-electron chi connectivity index (χ2n) is 6.45. The molecular weight excluding hydrogens is 340 g/mol. The highest BCUT2D eigenvalue weighted by atomic mass is 16.5. The number of carbonyl (C=O) groups excluding carboxylic acids is 3. The molecule has 132 valence electrons. The molecule has 0 radical (unpaired) electrons. The van der Waals surface area contributed by atoms with Gasteiger partial charge in [0.2, 0.25) is 0 Å². The van der Waals surface area contributed by atoms with Crippen molar-refractivity contribution < 1.29 is 19.1 Å². The summed E-state index contributed by atoms with van der Waals surface area (Å²) >= 11 is 0. The molecule has 0 aromatic heterocycles. The Bertz CT molecular complexity index is 1050. The predicted molar refractivity (Wildman–Crippen MR) is 101 cm³/mol. The molecule has 4 rings (SSSR count). The Morgan fingerprint density at radius 1 is 0.852 bits per heavy atom. The number of ether oxygens (including phenoxy) is 1. The fourth-order valence-electron chi connectivity index (χ4n) is 3.29. The molecule has 0 atom stereocenters. The van der Waals surface area contributed by atoms with Crippen LogP contribution in [-0.2, 0) is 11.2 Å². The zero-order chi connectivity index (χ0) is 18.8. The molecule has 0 aliphatic heterocycles. The zero-order valence-corrected chi connectivity index (χ0v) is 14.5. The lowest BCUT2D eigenvalue weighted by atomic mass is 10.0. The van der Waals surface area contributed by atoms with Crippen molar-refractivity contribution in [3.05, 3.63) is 94.5 Å². The van der Waals surface area contributed by atoms with Crippen LogP contribution < -0.4 is 0 Å². The summed E-state index contributed by atoms with van der Waals surface area (Å²) in [5.74, 6) is -0.840. The molecule has 0 N–H and O–H groups in total. The Labute approximate surface area is 156 Å². The number of hydrogen-bond donors (Lipinski definition) is 0. The number of esters is 1. The minimum atomic E-state index is -0.590. The number of rotatable bonds is 5. The highest BCUT2D eigenvalue weighted by molar-refractivity contribution is 6.00. The van der Waals surface area contributed by atoms with Crippen LogP contribution in [0.4, 0.5) is 0 Å². The van der Waals surface area contributed by atoms with Crippen LogP contribution in [0.3, 0.4) is 0 Å². The molecule has 0 unspecified atom stereocenters. The molecule has 4 heteroatoms. The molecule has 3 aromatic carbocycles. The average molecular weight is 356 g/mol. The van der Waals surface area contributed by atoms with Gasteiger partial charge in [-0.05, 0) is 46.9 Å². The van der Waals surface area contributed by atoms with Crippen LogP contribution in [0.2, 0.25) is 0 Å². The van der Waals surface area contributed by atoms with Crippen molar-refractivity contribution in [2.45, 2.75) is 6.42 Å². The van der Waals surface area contributed by atoms with E-state index in [0.717, 1.165) is 17.5 Å². The van der Waals surface area contributed by atoms with E-state index in [9.17, 15) is 14.4 Å². The van der Waals surface area contributed by atoms with Crippen molar-refractivity contribution in [3.8, 4) is 11.1 Å². The van der Waals surface area contributed by atoms with E-state index in [1.807, 2.05) is 24.3 Å². The largest absolute Gasteiger partial charge is 0.454 e. The predicted octanol–water partition coefficient (Wildman–Crippen LogP) is 4.11. The van der Waals surface area contributed by atoms with Gasteiger partial charge >= 0.3 is 5.97 Å². The zero-order valence-electron chi connectivity index (χ0n) is 14.5. The lowest BCUT2D eigenvalue weighted by Gasteiger charge is -2.07. The first-order chi connectivity index (χ1) is 13.2. The first-order valence-corrected chi connectivity index (χ1v) is 8.62. The molecule has 0 amide bonds. The highest BCUT2D eigenvalue weighted by Gasteiger charge is 2.20. The second-order valence-corrected chi connectivity index (χ2v) is 6.45. The van der Waals surface area contributed by atoms with E-state index in [1.54, 1.807) is 6.07 Å². The van der Waals surface area contributed by atoms with Gasteiger partial charge in [0.1, 0.15) is 6.29 Å². The van der Waals surface area contributed by atoms with Crippen molar-refractivity contribution >= 4 is 18.0 Å². The third-order valence-electron chi connectivity index (χ3n) is 4.74. The lowest BCUT2D eigenvalue weighted by Crippen LogP contribution is -2.14. The molecular formula is C23H16O4. The lowest BCUT2D eigenvalue weighted by molar-refractivity contribution is 0.0474. The normalized spacial score (nSPS) is 11.4. The Kier molecular flexibility index (Phi) is 4.38. The topological polar surface area (TPSA) is 60.4 Å². The molecule has 0 fully saturated rings. The van der Waals surface area contributed by atoms with Gasteiger partial charge in [0.05, 0.1) is 5.56 Å². The number of hydrogen-bond acceptors (Lipinski definition) is 4. The van der Waals surface area contributed by atoms with Gasteiger partial charge < -0.3 is 4.74 Å². The summed E-state index contributed by atoms with van der Waals surface area (Å²) in [7, 11) is 0. The van der Waals surface area contributed by atoms with Gasteiger partial charge in [-0.15, -0.1) is 0 Å². The van der Waals surface area contributed by atoms with Crippen LogP contribution >= 0.6 is 0 Å². The number of ketones is 1. The molecule has 0 heterocycles. The average Bonchev–Trinajstić information content (AvgIpc) is 3.09. The summed E-state index contributed by atoms with van der Waals surface area (Å²) in [6, 6.07) is 19.8. The van der Waals surface area contributed by atoms with Gasteiger partial charge in [0.25, 0.3) is 0 Å². The molecule has 1 aliphatic rings. The maximum absolute atomic E-state index is 12.5. The summed E-state index contributed by atoms with van der Waals surface area (Å²) < 4.78 is 5.13. The monoisotopic (exact) mass is 356 g/mol. The van der Waals surface area contributed by atoms with Crippen molar-refractivity contribution in [1.29, 1.82) is 0 Å². The van der Waals surface area contributed by atoms with Crippen molar-refractivity contribution in [1.82, 2.24) is 0 Å². The minimum Gasteiger partial charge on any atom is -0.454 e. The summed E-state index contributed by atoms with van der Waals surface area (Å²) in [6.07, 6.45) is 1.57. The SMILES string of the molecule is O=Cc1ccc(C(=O)OCC(=O)c2ccc3c(c2)-c2ccccc2C3)cc1. The van der Waals surface area contributed by atoms with Crippen LogP contribution in [0.15, 0.2) is 66.7 Å². The smallest absolute Gasteiger partial charge is 0.338 e. The molecule has 1 aliphatic carbocycles. The maximum Gasteiger partial charge on any atom is 0.338 e. The fourth-order valence-corrected chi connectivity index (χ4v) is 3.29. The standard InChI is InChI=1S/C23H16O4/c24-13-15-5-7-16(8-6-15)23(26)27-14-22(25)19-10-9-18-11-17-3-1-2-4-20(17)21(18)12-19/h1-10,12-13H,11,14H2. The first-order valence-electron chi connectivity index (χ1n) is 8.62. The van der Waals surface area contributed by atoms with E-state index in [-0.39, 0.29) is 12.4 Å². The Morgan fingerprint density at radius 2 is 1.56 bits per heavy atom. The van der Waals surface area contributed by atoms with E-state index in [1.165, 1.54) is 35.4 Å². The number of fused-ring (bicyclic) bond motifs is 3. The maximum atomic E-state index is 12.5. The highest BCUT2D eigenvalue weighted by Crippen LogP contribution is 2.36. The summed E-state index contributed by atoms with van der Waals surface area (Å²) in [5, 5.41) is 0. The van der Waals surface area contributed by atoms with Crippen LogP contribution in [0.1, 0.15) is 42.2 Å². The van der Waals surface area contributed by atoms with E-state index in [0.29, 0.717) is 23.0 Å². The first kappa shape index (κ1) is 16.9. The molecule has 3 aromatic rings. The Morgan fingerprint density at radius 3 is 2.33 bits per heavy atom. The van der Waals surface area contributed by atoms with E-state index in [4.69, 9.17) is 4.74 Å². The van der Waals surface area contributed by atoms with Gasteiger partial charge in [-0.25, -0.2) is 4.79 Å². The molecule has 0 saturated carbocycles. The van der Waals surface area contributed by atoms with Crippen LogP contribution in [0, 0.1) is 0 Å². The van der Waals surface area contributed by atoms with Crippen molar-refractivity contribution in [2.24, 2.45) is 0 Å². The Hall–Kier alpha value is -3.53. The summed E-state index contributed by atoms with van der Waals surface area (Å²) in [5.41, 5.74) is 5.95. The molecule has 0 spiro atoms. The number of benzene rings is 3. The van der Waals surface area contributed by atoms with E-state index >= 15 is 0 Å². The molecule has 0 saturated heterocycles. The number of aldehydes is 1. The summed E-state index contributed by atoms with van der Waals surface area (Å²) in [4.78, 5) is 35.2. The fraction of sp³-hybridized carbons (Fsp3) is 0.0870. The van der Waals surface area contributed by atoms with Gasteiger partial charge in [-0.3, -0.25) is 9.59 Å². The Balaban J connectivity index is 1.46. The van der Waals surface area contributed by atoms with Gasteiger partial charge in [0.15, 0.2) is 12.4 Å². The molecule has 0 bridgehead atoms. The van der Waals surface area contributed by atoms with Gasteiger partial charge in [-0.2, -0.15) is 0 Å². The second kappa shape index (κ2) is 7.00. The quantitative estimate of drug-likeness (QED) is 0.307. The number of Topliss-reactive ketones (excluding diaryl/α,β-unsaturated/α-hetero) is 1. The molecule has 27 heavy (non-hydrogen) atoms. The van der Waals surface area contributed by atoms with E-state index in [2.05, 4.69) is 12.1 Å². The number of carbonyl (C=O) groups is 3. The van der Waals surface area contributed by atoms with Crippen molar-refractivity contribution in [3.63, 3.8) is 0 Å². The van der Waals surface area contributed by atoms with Gasteiger partial charge in [-0.1, -0.05) is 48.5 Å². The van der Waals surface area contributed by atoms with E-state index < -0.39 is 5.97 Å². The van der Waals surface area contributed by atoms with Crippen LogP contribution in [0.5, 0.6) is 0 Å².